The first-order valence-corrected chi connectivity index (χ1v) is 6.67. The first-order chi connectivity index (χ1) is 8.73. The summed E-state index contributed by atoms with van der Waals surface area (Å²) in [6, 6.07) is 4.98. The summed E-state index contributed by atoms with van der Waals surface area (Å²) in [4.78, 5) is 2.19. The average molecular weight is 266 g/mol. The second-order valence-corrected chi connectivity index (χ2v) is 6.53. The van der Waals surface area contributed by atoms with E-state index in [0.29, 0.717) is 6.54 Å². The van der Waals surface area contributed by atoms with Gasteiger partial charge < -0.3 is 10.8 Å². The van der Waals surface area contributed by atoms with E-state index in [1.807, 2.05) is 6.07 Å². The van der Waals surface area contributed by atoms with E-state index in [-0.39, 0.29) is 17.8 Å². The third-order valence-electron chi connectivity index (χ3n) is 3.82. The number of hydrogen-bond acceptors (Lipinski definition) is 3. The zero-order valence-electron chi connectivity index (χ0n) is 11.9. The van der Waals surface area contributed by atoms with E-state index in [4.69, 9.17) is 5.73 Å². The molecule has 0 saturated carbocycles. The van der Waals surface area contributed by atoms with Gasteiger partial charge in [0.05, 0.1) is 5.60 Å². The molecule has 0 bridgehead atoms. The van der Waals surface area contributed by atoms with Crippen molar-refractivity contribution in [1.29, 1.82) is 0 Å². The maximum Gasteiger partial charge on any atom is 0.123 e. The smallest absolute Gasteiger partial charge is 0.123 e. The topological polar surface area (TPSA) is 49.5 Å². The molecule has 0 saturated heterocycles. The quantitative estimate of drug-likeness (QED) is 0.874. The van der Waals surface area contributed by atoms with Gasteiger partial charge in [0.15, 0.2) is 0 Å². The zero-order valence-corrected chi connectivity index (χ0v) is 11.9. The molecule has 0 amide bonds. The lowest BCUT2D eigenvalue weighted by Gasteiger charge is -2.42. The molecule has 4 heteroatoms. The molecular formula is C15H23FN2O. The summed E-state index contributed by atoms with van der Waals surface area (Å²) in [6.07, 6.45) is 0. The Balaban J connectivity index is 2.26. The van der Waals surface area contributed by atoms with Gasteiger partial charge in [-0.25, -0.2) is 4.39 Å². The van der Waals surface area contributed by atoms with Gasteiger partial charge in [0.2, 0.25) is 0 Å². The highest BCUT2D eigenvalue weighted by molar-refractivity contribution is 5.36. The van der Waals surface area contributed by atoms with E-state index < -0.39 is 5.60 Å². The minimum Gasteiger partial charge on any atom is -0.388 e. The zero-order chi connectivity index (χ0) is 14.3. The largest absolute Gasteiger partial charge is 0.388 e. The standard InChI is InChI=1S/C15H23FN2O/c1-14(2)9-18(10-15(3,19)8-17)7-11-4-5-12(16)6-13(11)14/h4-6,19H,7-10,17H2,1-3H3. The van der Waals surface area contributed by atoms with Crippen LogP contribution in [0.1, 0.15) is 31.9 Å². The number of nitrogens with two attached hydrogens (primary N) is 1. The first-order valence-electron chi connectivity index (χ1n) is 6.67. The van der Waals surface area contributed by atoms with Crippen LogP contribution in [0.2, 0.25) is 0 Å². The molecule has 0 aliphatic carbocycles. The molecule has 0 fully saturated rings. The van der Waals surface area contributed by atoms with Gasteiger partial charge in [0.1, 0.15) is 5.82 Å². The Morgan fingerprint density at radius 3 is 2.79 bits per heavy atom. The van der Waals surface area contributed by atoms with Crippen molar-refractivity contribution >= 4 is 0 Å². The normalized spacial score (nSPS) is 21.8. The maximum atomic E-state index is 13.4. The Hall–Kier alpha value is -0.970. The van der Waals surface area contributed by atoms with Crippen molar-refractivity contribution in [1.82, 2.24) is 4.90 Å². The molecule has 1 unspecified atom stereocenters. The lowest BCUT2D eigenvalue weighted by Crippen LogP contribution is -2.51. The summed E-state index contributed by atoms with van der Waals surface area (Å²) >= 11 is 0. The van der Waals surface area contributed by atoms with Gasteiger partial charge in [-0.1, -0.05) is 19.9 Å². The van der Waals surface area contributed by atoms with Gasteiger partial charge in [-0.3, -0.25) is 4.90 Å². The fraction of sp³-hybridized carbons (Fsp3) is 0.600. The molecule has 0 radical (unpaired) electrons. The molecule has 0 spiro atoms. The number of rotatable bonds is 3. The highest BCUT2D eigenvalue weighted by Crippen LogP contribution is 2.34. The van der Waals surface area contributed by atoms with Gasteiger partial charge in [0.25, 0.3) is 0 Å². The van der Waals surface area contributed by atoms with Crippen molar-refractivity contribution in [2.45, 2.75) is 38.3 Å². The summed E-state index contributed by atoms with van der Waals surface area (Å²) < 4.78 is 13.4. The van der Waals surface area contributed by atoms with Crippen molar-refractivity contribution in [2.75, 3.05) is 19.6 Å². The lowest BCUT2D eigenvalue weighted by molar-refractivity contribution is 0.0153. The van der Waals surface area contributed by atoms with Crippen LogP contribution in [0.4, 0.5) is 4.39 Å². The second kappa shape index (κ2) is 4.85. The second-order valence-electron chi connectivity index (χ2n) is 6.53. The molecule has 19 heavy (non-hydrogen) atoms. The Morgan fingerprint density at radius 2 is 2.16 bits per heavy atom. The Bertz CT molecular complexity index is 471. The van der Waals surface area contributed by atoms with E-state index in [1.165, 1.54) is 6.07 Å². The van der Waals surface area contributed by atoms with Gasteiger partial charge in [-0.2, -0.15) is 0 Å². The van der Waals surface area contributed by atoms with E-state index in [1.54, 1.807) is 13.0 Å². The predicted octanol–water partition coefficient (Wildman–Crippen LogP) is 1.63. The Morgan fingerprint density at radius 1 is 1.47 bits per heavy atom. The summed E-state index contributed by atoms with van der Waals surface area (Å²) in [5.74, 6) is -0.186. The SMILES string of the molecule is CC(O)(CN)CN1Cc2ccc(F)cc2C(C)(C)C1. The number of aliphatic hydroxyl groups is 1. The van der Waals surface area contributed by atoms with Crippen LogP contribution in [0.5, 0.6) is 0 Å². The Kier molecular flexibility index (Phi) is 3.69. The maximum absolute atomic E-state index is 13.4. The molecule has 3 N–H and O–H groups in total. The van der Waals surface area contributed by atoms with E-state index >= 15 is 0 Å². The van der Waals surface area contributed by atoms with Crippen molar-refractivity contribution < 1.29 is 9.50 Å². The number of β-amino-alcohol motifs (C(OH)–C–C–N with tert-alkyl or cyclic N) is 1. The van der Waals surface area contributed by atoms with Crippen LogP contribution in [-0.2, 0) is 12.0 Å². The molecule has 1 aromatic rings. The average Bonchev–Trinajstić information content (AvgIpc) is 2.29. The Labute approximate surface area is 114 Å². The van der Waals surface area contributed by atoms with Crippen LogP contribution in [-0.4, -0.2) is 35.2 Å². The molecule has 0 aromatic heterocycles. The van der Waals surface area contributed by atoms with Gasteiger partial charge in [0, 0.05) is 31.6 Å². The van der Waals surface area contributed by atoms with Gasteiger partial charge in [-0.05, 0) is 30.2 Å². The third kappa shape index (κ3) is 3.14. The monoisotopic (exact) mass is 266 g/mol. The van der Waals surface area contributed by atoms with Crippen LogP contribution >= 0.6 is 0 Å². The summed E-state index contributed by atoms with van der Waals surface area (Å²) in [5.41, 5.74) is 6.77. The van der Waals surface area contributed by atoms with Crippen molar-refractivity contribution in [3.63, 3.8) is 0 Å². The molecule has 1 atom stereocenters. The number of fused-ring (bicyclic) bond motifs is 1. The van der Waals surface area contributed by atoms with Crippen LogP contribution in [0.3, 0.4) is 0 Å². The minimum absolute atomic E-state index is 0.125. The predicted molar refractivity (Wildman–Crippen MR) is 74.4 cm³/mol. The fourth-order valence-corrected chi connectivity index (χ4v) is 2.92. The lowest BCUT2D eigenvalue weighted by atomic mass is 9.78. The molecule has 1 heterocycles. The molecule has 1 aliphatic heterocycles. The van der Waals surface area contributed by atoms with Crippen molar-refractivity contribution in [3.05, 3.63) is 35.1 Å². The summed E-state index contributed by atoms with van der Waals surface area (Å²) in [5, 5.41) is 10.1. The molecule has 2 rings (SSSR count). The van der Waals surface area contributed by atoms with Gasteiger partial charge >= 0.3 is 0 Å². The molecule has 1 aliphatic rings. The van der Waals surface area contributed by atoms with Crippen LogP contribution in [0, 0.1) is 5.82 Å². The molecule has 106 valence electrons. The third-order valence-corrected chi connectivity index (χ3v) is 3.82. The number of halogens is 1. The van der Waals surface area contributed by atoms with E-state index in [9.17, 15) is 9.50 Å². The van der Waals surface area contributed by atoms with E-state index in [0.717, 1.165) is 24.2 Å². The van der Waals surface area contributed by atoms with E-state index in [2.05, 4.69) is 18.7 Å². The summed E-state index contributed by atoms with van der Waals surface area (Å²) in [6.45, 7) is 8.25. The first kappa shape index (κ1) is 14.4. The number of hydrogen-bond donors (Lipinski definition) is 2. The van der Waals surface area contributed by atoms with Crippen molar-refractivity contribution in [2.24, 2.45) is 5.73 Å². The van der Waals surface area contributed by atoms with Crippen LogP contribution < -0.4 is 5.73 Å². The molecule has 3 nitrogen and oxygen atoms in total. The highest BCUT2D eigenvalue weighted by Gasteiger charge is 2.34. The van der Waals surface area contributed by atoms with Crippen molar-refractivity contribution in [3.8, 4) is 0 Å². The molecular weight excluding hydrogens is 243 g/mol. The minimum atomic E-state index is -0.881. The van der Waals surface area contributed by atoms with Crippen LogP contribution in [0.15, 0.2) is 18.2 Å². The van der Waals surface area contributed by atoms with Gasteiger partial charge in [-0.15, -0.1) is 0 Å². The number of nitrogens with zero attached hydrogens (tertiary/aromatic N) is 1. The highest BCUT2D eigenvalue weighted by atomic mass is 19.1. The number of benzene rings is 1. The summed E-state index contributed by atoms with van der Waals surface area (Å²) in [7, 11) is 0. The van der Waals surface area contributed by atoms with Crippen LogP contribution in [0.25, 0.3) is 0 Å². The molecule has 1 aromatic carbocycles. The fourth-order valence-electron chi connectivity index (χ4n) is 2.92.